The highest BCUT2D eigenvalue weighted by atomic mass is 16.6. The molecule has 0 radical (unpaired) electrons. The molecule has 0 amide bonds. The Bertz CT molecular complexity index is 1220. The standard InChI is InChI=1S/C64H116O6/c1-4-7-10-13-16-19-22-25-28-30-32-34-36-39-42-45-48-51-54-57-63(66)69-60-61(59-68-62(65)56-53-50-47-44-41-38-27-24-21-18-15-12-9-6-3)70-64(67)58-55-52-49-46-43-40-37-35-33-31-29-26-23-20-17-14-11-8-5-2/h16,19,25,28,32,34,39,42,61H,4-15,17-18,20-24,26-27,29-31,33,35-38,40-41,43-60H2,1-3H3/b19-16-,28-25-,34-32-,42-39-/t61-/m1/s1. The number of hydrogen-bond donors (Lipinski definition) is 0. The Balaban J connectivity index is 4.38. The van der Waals surface area contributed by atoms with Crippen LogP contribution >= 0.6 is 0 Å². The molecule has 0 aliphatic heterocycles. The first-order valence-electron chi connectivity index (χ1n) is 30.6. The van der Waals surface area contributed by atoms with Crippen molar-refractivity contribution in [2.75, 3.05) is 13.2 Å². The van der Waals surface area contributed by atoms with Gasteiger partial charge in [0.05, 0.1) is 0 Å². The van der Waals surface area contributed by atoms with Crippen LogP contribution in [0.5, 0.6) is 0 Å². The Labute approximate surface area is 435 Å². The molecule has 0 aromatic heterocycles. The molecular formula is C64H116O6. The topological polar surface area (TPSA) is 78.9 Å². The maximum atomic E-state index is 12.9. The summed E-state index contributed by atoms with van der Waals surface area (Å²) >= 11 is 0. The number of carbonyl (C=O) groups excluding carboxylic acids is 3. The van der Waals surface area contributed by atoms with Crippen LogP contribution in [0.3, 0.4) is 0 Å². The Morgan fingerprint density at radius 3 is 0.829 bits per heavy atom. The first-order chi connectivity index (χ1) is 34.5. The van der Waals surface area contributed by atoms with E-state index in [0.717, 1.165) is 83.5 Å². The van der Waals surface area contributed by atoms with Crippen molar-refractivity contribution >= 4 is 17.9 Å². The number of esters is 3. The zero-order chi connectivity index (χ0) is 50.7. The largest absolute Gasteiger partial charge is 0.462 e. The molecule has 6 nitrogen and oxygen atoms in total. The second kappa shape index (κ2) is 58.9. The van der Waals surface area contributed by atoms with E-state index in [0.29, 0.717) is 19.3 Å². The van der Waals surface area contributed by atoms with Crippen LogP contribution in [0.25, 0.3) is 0 Å². The van der Waals surface area contributed by atoms with Crippen LogP contribution in [0.2, 0.25) is 0 Å². The highest BCUT2D eigenvalue weighted by molar-refractivity contribution is 5.71. The molecule has 0 aliphatic rings. The summed E-state index contributed by atoms with van der Waals surface area (Å²) in [6, 6.07) is 0. The van der Waals surface area contributed by atoms with Crippen molar-refractivity contribution in [3.8, 4) is 0 Å². The third-order valence-electron chi connectivity index (χ3n) is 13.6. The first-order valence-corrected chi connectivity index (χ1v) is 30.6. The number of hydrogen-bond acceptors (Lipinski definition) is 6. The zero-order valence-corrected chi connectivity index (χ0v) is 46.8. The van der Waals surface area contributed by atoms with Crippen LogP contribution in [0.1, 0.15) is 323 Å². The number of unbranched alkanes of at least 4 members (excludes halogenated alkanes) is 37. The summed E-state index contributed by atoms with van der Waals surface area (Å²) in [7, 11) is 0. The van der Waals surface area contributed by atoms with Gasteiger partial charge in [0.25, 0.3) is 0 Å². The van der Waals surface area contributed by atoms with Gasteiger partial charge in [-0.2, -0.15) is 0 Å². The van der Waals surface area contributed by atoms with Crippen molar-refractivity contribution < 1.29 is 28.6 Å². The first kappa shape index (κ1) is 67.4. The Morgan fingerprint density at radius 1 is 0.286 bits per heavy atom. The van der Waals surface area contributed by atoms with Crippen LogP contribution in [0, 0.1) is 0 Å². The van der Waals surface area contributed by atoms with Gasteiger partial charge >= 0.3 is 17.9 Å². The summed E-state index contributed by atoms with van der Waals surface area (Å²) < 4.78 is 16.9. The molecule has 0 saturated heterocycles. The van der Waals surface area contributed by atoms with E-state index in [9.17, 15) is 14.4 Å². The van der Waals surface area contributed by atoms with Gasteiger partial charge in [-0.05, 0) is 64.2 Å². The van der Waals surface area contributed by atoms with Gasteiger partial charge in [-0.25, -0.2) is 0 Å². The highest BCUT2D eigenvalue weighted by Gasteiger charge is 2.19. The van der Waals surface area contributed by atoms with Crippen LogP contribution in [0.15, 0.2) is 48.6 Å². The van der Waals surface area contributed by atoms with Crippen molar-refractivity contribution in [2.45, 2.75) is 329 Å². The summed E-state index contributed by atoms with van der Waals surface area (Å²) in [6.07, 6.45) is 72.5. The summed E-state index contributed by atoms with van der Waals surface area (Å²) in [5.74, 6) is -0.890. The minimum Gasteiger partial charge on any atom is -0.462 e. The number of rotatable bonds is 56. The predicted octanol–water partition coefficient (Wildman–Crippen LogP) is 20.6. The van der Waals surface area contributed by atoms with Gasteiger partial charge in [-0.3, -0.25) is 14.4 Å². The molecule has 408 valence electrons. The van der Waals surface area contributed by atoms with Crippen molar-refractivity contribution in [1.82, 2.24) is 0 Å². The predicted molar refractivity (Wildman–Crippen MR) is 302 cm³/mol. The van der Waals surface area contributed by atoms with E-state index in [2.05, 4.69) is 69.4 Å². The molecule has 0 aromatic carbocycles. The van der Waals surface area contributed by atoms with Gasteiger partial charge in [0.1, 0.15) is 13.2 Å². The van der Waals surface area contributed by atoms with Crippen molar-refractivity contribution in [1.29, 1.82) is 0 Å². The monoisotopic (exact) mass is 981 g/mol. The summed E-state index contributed by atoms with van der Waals surface area (Å²) in [5, 5.41) is 0. The Hall–Kier alpha value is -2.63. The number of allylic oxidation sites excluding steroid dienone is 8. The van der Waals surface area contributed by atoms with E-state index in [1.54, 1.807) is 0 Å². The number of ether oxygens (including phenoxy) is 3. The van der Waals surface area contributed by atoms with Crippen LogP contribution in [0.4, 0.5) is 0 Å². The second-order valence-electron chi connectivity index (χ2n) is 20.6. The lowest BCUT2D eigenvalue weighted by Crippen LogP contribution is -2.30. The lowest BCUT2D eigenvalue weighted by atomic mass is 10.0. The van der Waals surface area contributed by atoms with Crippen LogP contribution < -0.4 is 0 Å². The molecule has 6 heteroatoms. The smallest absolute Gasteiger partial charge is 0.306 e. The quantitative estimate of drug-likeness (QED) is 0.0261. The molecule has 0 saturated carbocycles. The minimum atomic E-state index is -0.783. The normalized spacial score (nSPS) is 12.3. The minimum absolute atomic E-state index is 0.0786. The number of carbonyl (C=O) groups is 3. The molecular weight excluding hydrogens is 865 g/mol. The lowest BCUT2D eigenvalue weighted by Gasteiger charge is -2.18. The molecule has 0 N–H and O–H groups in total. The molecule has 0 rings (SSSR count). The fraction of sp³-hybridized carbons (Fsp3) is 0.828. The van der Waals surface area contributed by atoms with Crippen molar-refractivity contribution in [2.24, 2.45) is 0 Å². The third-order valence-corrected chi connectivity index (χ3v) is 13.6. The van der Waals surface area contributed by atoms with Crippen LogP contribution in [-0.2, 0) is 28.6 Å². The fourth-order valence-electron chi connectivity index (χ4n) is 8.96. The Morgan fingerprint density at radius 2 is 0.514 bits per heavy atom. The third kappa shape index (κ3) is 56.3. The molecule has 1 atom stereocenters. The summed E-state index contributed by atoms with van der Waals surface area (Å²) in [6.45, 7) is 6.63. The van der Waals surface area contributed by atoms with Crippen molar-refractivity contribution in [3.05, 3.63) is 48.6 Å². The highest BCUT2D eigenvalue weighted by Crippen LogP contribution is 2.17. The summed E-state index contributed by atoms with van der Waals surface area (Å²) in [4.78, 5) is 38.2. The van der Waals surface area contributed by atoms with Gasteiger partial charge < -0.3 is 14.2 Å². The van der Waals surface area contributed by atoms with Gasteiger partial charge in [0, 0.05) is 19.3 Å². The average Bonchev–Trinajstić information content (AvgIpc) is 3.36. The molecule has 0 heterocycles. The summed E-state index contributed by atoms with van der Waals surface area (Å²) in [5.41, 5.74) is 0. The molecule has 0 aliphatic carbocycles. The molecule has 0 unspecified atom stereocenters. The molecule has 0 fully saturated rings. The maximum absolute atomic E-state index is 12.9. The van der Waals surface area contributed by atoms with E-state index in [4.69, 9.17) is 14.2 Å². The van der Waals surface area contributed by atoms with Crippen LogP contribution in [-0.4, -0.2) is 37.2 Å². The molecule has 70 heavy (non-hydrogen) atoms. The van der Waals surface area contributed by atoms with E-state index in [-0.39, 0.29) is 31.1 Å². The Kier molecular flexibility index (Phi) is 56.7. The van der Waals surface area contributed by atoms with Gasteiger partial charge in [-0.15, -0.1) is 0 Å². The molecule has 0 bridgehead atoms. The van der Waals surface area contributed by atoms with E-state index in [1.165, 1.54) is 199 Å². The van der Waals surface area contributed by atoms with E-state index in [1.807, 2.05) is 0 Å². The fourth-order valence-corrected chi connectivity index (χ4v) is 8.96. The SMILES string of the molecule is CCCCC/C=C\C/C=C\C/C=C\C/C=C\CCCCCC(=O)OC[C@@H](COC(=O)CCCCCCCCCCCCCCCC)OC(=O)CCCCCCCCCCCCCCCCCCCCC. The van der Waals surface area contributed by atoms with Gasteiger partial charge in [-0.1, -0.05) is 288 Å². The molecule has 0 spiro atoms. The van der Waals surface area contributed by atoms with E-state index >= 15 is 0 Å². The lowest BCUT2D eigenvalue weighted by molar-refractivity contribution is -0.167. The zero-order valence-electron chi connectivity index (χ0n) is 46.8. The van der Waals surface area contributed by atoms with Crippen molar-refractivity contribution in [3.63, 3.8) is 0 Å². The molecule has 0 aromatic rings. The van der Waals surface area contributed by atoms with Gasteiger partial charge in [0.15, 0.2) is 6.10 Å². The maximum Gasteiger partial charge on any atom is 0.306 e. The second-order valence-corrected chi connectivity index (χ2v) is 20.6. The van der Waals surface area contributed by atoms with E-state index < -0.39 is 6.10 Å². The van der Waals surface area contributed by atoms with Gasteiger partial charge in [0.2, 0.25) is 0 Å². The average molecular weight is 982 g/mol.